The first kappa shape index (κ1) is 14.8. The topological polar surface area (TPSA) is 25.8 Å². The zero-order valence-electron chi connectivity index (χ0n) is 11.0. The van der Waals surface area contributed by atoms with Gasteiger partial charge in [0.1, 0.15) is 11.0 Å². The molecule has 1 heterocycles. The minimum atomic E-state index is -1.52. The zero-order chi connectivity index (χ0) is 14.9. The summed E-state index contributed by atoms with van der Waals surface area (Å²) in [5.74, 6) is -3.58. The standard InChI is InChI=1S/C14H12ClF3N2/c1-3-4-10-19-13(7(2)14(15)20-10)8-5-6-9(16)12(18)11(8)17/h5-6H,3-4H2,1-2H3. The number of hydrogen-bond acceptors (Lipinski definition) is 2. The molecule has 0 radical (unpaired) electrons. The van der Waals surface area contributed by atoms with Crippen molar-refractivity contribution < 1.29 is 13.2 Å². The second-order valence-corrected chi connectivity index (χ2v) is 4.74. The summed E-state index contributed by atoms with van der Waals surface area (Å²) >= 11 is 5.99. The molecule has 0 bridgehead atoms. The van der Waals surface area contributed by atoms with E-state index in [-0.39, 0.29) is 16.4 Å². The Bertz CT molecular complexity index is 659. The zero-order valence-corrected chi connectivity index (χ0v) is 11.7. The van der Waals surface area contributed by atoms with Crippen LogP contribution in [0, 0.1) is 24.4 Å². The van der Waals surface area contributed by atoms with Crippen LogP contribution in [0.15, 0.2) is 12.1 Å². The van der Waals surface area contributed by atoms with Crippen LogP contribution in [0.1, 0.15) is 24.7 Å². The minimum absolute atomic E-state index is 0.122. The van der Waals surface area contributed by atoms with Crippen molar-refractivity contribution in [3.8, 4) is 11.3 Å². The highest BCUT2D eigenvalue weighted by Crippen LogP contribution is 2.29. The van der Waals surface area contributed by atoms with Crippen LogP contribution in [0.4, 0.5) is 13.2 Å². The Morgan fingerprint density at radius 2 is 1.80 bits per heavy atom. The molecule has 1 aromatic heterocycles. The summed E-state index contributed by atoms with van der Waals surface area (Å²) in [6.45, 7) is 3.54. The average Bonchev–Trinajstić information content (AvgIpc) is 2.41. The third-order valence-corrected chi connectivity index (χ3v) is 3.26. The van der Waals surface area contributed by atoms with Crippen LogP contribution in [0.2, 0.25) is 5.15 Å². The molecule has 2 nitrogen and oxygen atoms in total. The van der Waals surface area contributed by atoms with E-state index in [1.165, 1.54) is 0 Å². The molecule has 1 aromatic carbocycles. The van der Waals surface area contributed by atoms with Crippen LogP contribution in [0.25, 0.3) is 11.3 Å². The molecule has 0 spiro atoms. The fourth-order valence-corrected chi connectivity index (χ4v) is 2.03. The van der Waals surface area contributed by atoms with Crippen molar-refractivity contribution in [2.24, 2.45) is 0 Å². The van der Waals surface area contributed by atoms with E-state index in [2.05, 4.69) is 9.97 Å². The third kappa shape index (κ3) is 2.63. The Balaban J connectivity index is 2.66. The van der Waals surface area contributed by atoms with E-state index in [4.69, 9.17) is 11.6 Å². The molecule has 0 saturated carbocycles. The van der Waals surface area contributed by atoms with E-state index in [9.17, 15) is 13.2 Å². The number of halogens is 4. The lowest BCUT2D eigenvalue weighted by Gasteiger charge is -2.10. The van der Waals surface area contributed by atoms with Gasteiger partial charge < -0.3 is 0 Å². The van der Waals surface area contributed by atoms with Gasteiger partial charge in [0.2, 0.25) is 0 Å². The molecule has 0 aliphatic heterocycles. The van der Waals surface area contributed by atoms with Gasteiger partial charge >= 0.3 is 0 Å². The normalized spacial score (nSPS) is 10.9. The molecule has 0 unspecified atom stereocenters. The van der Waals surface area contributed by atoms with Crippen LogP contribution in [0.3, 0.4) is 0 Å². The molecule has 0 atom stereocenters. The fourth-order valence-electron chi connectivity index (χ4n) is 1.84. The molecule has 0 saturated heterocycles. The summed E-state index contributed by atoms with van der Waals surface area (Å²) in [7, 11) is 0. The minimum Gasteiger partial charge on any atom is -0.232 e. The monoisotopic (exact) mass is 300 g/mol. The maximum atomic E-state index is 13.9. The number of nitrogens with zero attached hydrogens (tertiary/aromatic N) is 2. The molecule has 20 heavy (non-hydrogen) atoms. The van der Waals surface area contributed by atoms with Crippen molar-refractivity contribution in [1.29, 1.82) is 0 Å². The summed E-state index contributed by atoms with van der Waals surface area (Å²) in [5.41, 5.74) is 0.490. The lowest BCUT2D eigenvalue weighted by Crippen LogP contribution is -2.03. The van der Waals surface area contributed by atoms with Gasteiger partial charge in [0.15, 0.2) is 17.5 Å². The van der Waals surface area contributed by atoms with Gasteiger partial charge in [-0.05, 0) is 25.5 Å². The summed E-state index contributed by atoms with van der Waals surface area (Å²) in [6, 6.07) is 2.01. The highest BCUT2D eigenvalue weighted by Gasteiger charge is 2.19. The Labute approximate surface area is 119 Å². The van der Waals surface area contributed by atoms with E-state index >= 15 is 0 Å². The third-order valence-electron chi connectivity index (χ3n) is 2.90. The maximum absolute atomic E-state index is 13.9. The summed E-state index contributed by atoms with van der Waals surface area (Å²) in [6.07, 6.45) is 1.36. The molecule has 0 aliphatic carbocycles. The Morgan fingerprint density at radius 3 is 2.45 bits per heavy atom. The molecule has 6 heteroatoms. The van der Waals surface area contributed by atoms with Crippen molar-refractivity contribution in [2.75, 3.05) is 0 Å². The van der Waals surface area contributed by atoms with Crippen molar-refractivity contribution in [2.45, 2.75) is 26.7 Å². The van der Waals surface area contributed by atoms with Gasteiger partial charge in [0.05, 0.1) is 5.69 Å². The van der Waals surface area contributed by atoms with Gasteiger partial charge in [-0.2, -0.15) is 0 Å². The molecular weight excluding hydrogens is 289 g/mol. The highest BCUT2D eigenvalue weighted by molar-refractivity contribution is 6.30. The average molecular weight is 301 g/mol. The first-order chi connectivity index (χ1) is 9.45. The molecule has 2 rings (SSSR count). The molecule has 0 N–H and O–H groups in total. The van der Waals surface area contributed by atoms with Gasteiger partial charge in [0.25, 0.3) is 0 Å². The van der Waals surface area contributed by atoms with Gasteiger partial charge in [-0.3, -0.25) is 0 Å². The van der Waals surface area contributed by atoms with E-state index < -0.39 is 17.5 Å². The quantitative estimate of drug-likeness (QED) is 0.617. The smallest absolute Gasteiger partial charge is 0.195 e. The Morgan fingerprint density at radius 1 is 1.10 bits per heavy atom. The molecule has 0 amide bonds. The lowest BCUT2D eigenvalue weighted by atomic mass is 10.1. The number of aryl methyl sites for hydroxylation is 1. The molecule has 0 aliphatic rings. The number of aromatic nitrogens is 2. The second kappa shape index (κ2) is 5.79. The van der Waals surface area contributed by atoms with Gasteiger partial charge in [-0.25, -0.2) is 23.1 Å². The lowest BCUT2D eigenvalue weighted by molar-refractivity contribution is 0.448. The van der Waals surface area contributed by atoms with Crippen molar-refractivity contribution >= 4 is 11.6 Å². The predicted molar refractivity (Wildman–Crippen MR) is 71.1 cm³/mol. The van der Waals surface area contributed by atoms with Crippen LogP contribution in [-0.2, 0) is 6.42 Å². The SMILES string of the molecule is CCCc1nc(Cl)c(C)c(-c2ccc(F)c(F)c2F)n1. The van der Waals surface area contributed by atoms with Crippen molar-refractivity contribution in [1.82, 2.24) is 9.97 Å². The molecule has 0 fully saturated rings. The summed E-state index contributed by atoms with van der Waals surface area (Å²) in [4.78, 5) is 8.28. The van der Waals surface area contributed by atoms with Crippen molar-refractivity contribution in [3.05, 3.63) is 46.1 Å². The van der Waals surface area contributed by atoms with Crippen LogP contribution in [-0.4, -0.2) is 9.97 Å². The van der Waals surface area contributed by atoms with Crippen LogP contribution < -0.4 is 0 Å². The van der Waals surface area contributed by atoms with E-state index in [1.807, 2.05) is 6.92 Å². The van der Waals surface area contributed by atoms with Crippen LogP contribution >= 0.6 is 11.6 Å². The molecular formula is C14H12ClF3N2. The second-order valence-electron chi connectivity index (χ2n) is 4.38. The van der Waals surface area contributed by atoms with Gasteiger partial charge in [-0.15, -0.1) is 0 Å². The first-order valence-corrected chi connectivity index (χ1v) is 6.50. The first-order valence-electron chi connectivity index (χ1n) is 6.12. The number of hydrogen-bond donors (Lipinski definition) is 0. The summed E-state index contributed by atoms with van der Waals surface area (Å²) < 4.78 is 40.2. The van der Waals surface area contributed by atoms with E-state index in [0.717, 1.165) is 18.6 Å². The summed E-state index contributed by atoms with van der Waals surface area (Å²) in [5, 5.41) is 0.183. The number of benzene rings is 1. The fraction of sp³-hybridized carbons (Fsp3) is 0.286. The maximum Gasteiger partial charge on any atom is 0.195 e. The largest absolute Gasteiger partial charge is 0.232 e. The van der Waals surface area contributed by atoms with E-state index in [0.29, 0.717) is 17.8 Å². The molecule has 2 aromatic rings. The number of rotatable bonds is 3. The Hall–Kier alpha value is -1.62. The predicted octanol–water partition coefficient (Wildman–Crippen LogP) is 4.48. The van der Waals surface area contributed by atoms with E-state index in [1.54, 1.807) is 6.92 Å². The van der Waals surface area contributed by atoms with Gasteiger partial charge in [-0.1, -0.05) is 18.5 Å². The van der Waals surface area contributed by atoms with Crippen LogP contribution in [0.5, 0.6) is 0 Å². The van der Waals surface area contributed by atoms with Crippen molar-refractivity contribution in [3.63, 3.8) is 0 Å². The Kier molecular flexibility index (Phi) is 4.28. The van der Waals surface area contributed by atoms with Gasteiger partial charge in [0, 0.05) is 17.5 Å². The molecule has 106 valence electrons. The highest BCUT2D eigenvalue weighted by atomic mass is 35.5.